The minimum absolute atomic E-state index is 0.179. The smallest absolute Gasteiger partial charge is 0.237 e. The number of hydrogen-bond donors (Lipinski definition) is 2. The molecule has 0 radical (unpaired) electrons. The van der Waals surface area contributed by atoms with E-state index in [1.165, 1.54) is 0 Å². The highest BCUT2D eigenvalue weighted by atomic mass is 32.2. The first kappa shape index (κ1) is 11.9. The third-order valence-electron chi connectivity index (χ3n) is 3.64. The summed E-state index contributed by atoms with van der Waals surface area (Å²) in [5.41, 5.74) is 13.3. The van der Waals surface area contributed by atoms with Gasteiger partial charge in [-0.05, 0) is 37.0 Å². The molecule has 0 saturated heterocycles. The Morgan fingerprint density at radius 2 is 2.17 bits per heavy atom. The molecule has 1 aliphatic carbocycles. The second-order valence-electron chi connectivity index (χ2n) is 5.12. The first-order valence-corrected chi connectivity index (χ1v) is 7.20. The number of hydrogen-bond acceptors (Lipinski definition) is 4. The summed E-state index contributed by atoms with van der Waals surface area (Å²) in [6, 6.07) is 6.11. The lowest BCUT2D eigenvalue weighted by atomic mass is 9.80. The van der Waals surface area contributed by atoms with Crippen molar-refractivity contribution in [2.45, 2.75) is 23.8 Å². The van der Waals surface area contributed by atoms with E-state index in [0.29, 0.717) is 23.4 Å². The third-order valence-corrected chi connectivity index (χ3v) is 4.69. The number of carbonyl (C=O) groups excluding carboxylic acids is 1. The van der Waals surface area contributed by atoms with Gasteiger partial charge in [0.25, 0.3) is 0 Å². The van der Waals surface area contributed by atoms with Crippen molar-refractivity contribution in [3.8, 4) is 0 Å². The Balaban J connectivity index is 1.84. The molecular weight excluding hydrogens is 246 g/mol. The topological polar surface area (TPSA) is 72.3 Å². The summed E-state index contributed by atoms with van der Waals surface area (Å²) in [6.45, 7) is 0.781. The molecule has 1 amide bonds. The van der Waals surface area contributed by atoms with Crippen molar-refractivity contribution >= 4 is 29.0 Å². The average molecular weight is 263 g/mol. The molecule has 0 bridgehead atoms. The molecule has 5 heteroatoms. The Hall–Kier alpha value is -1.20. The molecule has 96 valence electrons. The standard InChI is InChI=1S/C13H17N3OS/c14-9-1-2-12-11(5-9)16(13(17)7-18-12)6-8-3-10(15)4-8/h1-2,5,8,10H,3-4,6-7,14-15H2. The van der Waals surface area contributed by atoms with Crippen LogP contribution in [0.25, 0.3) is 0 Å². The zero-order valence-corrected chi connectivity index (χ0v) is 11.0. The van der Waals surface area contributed by atoms with Gasteiger partial charge in [0.05, 0.1) is 11.4 Å². The van der Waals surface area contributed by atoms with Gasteiger partial charge in [0.2, 0.25) is 5.91 Å². The summed E-state index contributed by atoms with van der Waals surface area (Å²) in [7, 11) is 0. The maximum atomic E-state index is 12.1. The van der Waals surface area contributed by atoms with Crippen LogP contribution in [0.3, 0.4) is 0 Å². The van der Waals surface area contributed by atoms with Crippen LogP contribution in [0.15, 0.2) is 23.1 Å². The molecular formula is C13H17N3OS. The van der Waals surface area contributed by atoms with Crippen molar-refractivity contribution in [3.63, 3.8) is 0 Å². The van der Waals surface area contributed by atoms with Gasteiger partial charge in [-0.15, -0.1) is 11.8 Å². The summed E-state index contributed by atoms with van der Waals surface area (Å²) < 4.78 is 0. The molecule has 4 N–H and O–H groups in total. The molecule has 4 nitrogen and oxygen atoms in total. The van der Waals surface area contributed by atoms with Crippen molar-refractivity contribution in [3.05, 3.63) is 18.2 Å². The molecule has 1 aromatic carbocycles. The van der Waals surface area contributed by atoms with Crippen LogP contribution >= 0.6 is 11.8 Å². The van der Waals surface area contributed by atoms with E-state index >= 15 is 0 Å². The van der Waals surface area contributed by atoms with Crippen LogP contribution in [0.5, 0.6) is 0 Å². The van der Waals surface area contributed by atoms with Gasteiger partial charge in [-0.25, -0.2) is 0 Å². The molecule has 18 heavy (non-hydrogen) atoms. The van der Waals surface area contributed by atoms with E-state index < -0.39 is 0 Å². The highest BCUT2D eigenvalue weighted by molar-refractivity contribution is 8.00. The van der Waals surface area contributed by atoms with Crippen molar-refractivity contribution in [1.82, 2.24) is 0 Å². The molecule has 1 aromatic rings. The predicted molar refractivity (Wildman–Crippen MR) is 74.6 cm³/mol. The van der Waals surface area contributed by atoms with Crippen LogP contribution in [0, 0.1) is 5.92 Å². The van der Waals surface area contributed by atoms with Gasteiger partial charge < -0.3 is 16.4 Å². The number of amides is 1. The van der Waals surface area contributed by atoms with E-state index in [2.05, 4.69) is 0 Å². The number of anilines is 2. The normalized spacial score (nSPS) is 26.7. The van der Waals surface area contributed by atoms with E-state index in [0.717, 1.165) is 30.0 Å². The number of nitrogen functional groups attached to an aromatic ring is 1. The van der Waals surface area contributed by atoms with E-state index in [4.69, 9.17) is 11.5 Å². The number of nitrogens with zero attached hydrogens (tertiary/aromatic N) is 1. The third kappa shape index (κ3) is 2.08. The molecule has 0 aromatic heterocycles. The fourth-order valence-electron chi connectivity index (χ4n) is 2.61. The van der Waals surface area contributed by atoms with Crippen LogP contribution in [0.1, 0.15) is 12.8 Å². The summed E-state index contributed by atoms with van der Waals surface area (Å²) in [4.78, 5) is 15.1. The zero-order chi connectivity index (χ0) is 12.7. The number of fused-ring (bicyclic) bond motifs is 1. The quantitative estimate of drug-likeness (QED) is 0.792. The van der Waals surface area contributed by atoms with Crippen molar-refractivity contribution < 1.29 is 4.79 Å². The second kappa shape index (κ2) is 4.48. The fourth-order valence-corrected chi connectivity index (χ4v) is 3.53. The van der Waals surface area contributed by atoms with E-state index in [9.17, 15) is 4.79 Å². The van der Waals surface area contributed by atoms with Gasteiger partial charge in [0, 0.05) is 23.2 Å². The molecule has 2 aliphatic rings. The number of thioether (sulfide) groups is 1. The monoisotopic (exact) mass is 263 g/mol. The minimum atomic E-state index is 0.179. The summed E-state index contributed by atoms with van der Waals surface area (Å²) in [5.74, 6) is 1.25. The first-order valence-electron chi connectivity index (χ1n) is 6.22. The van der Waals surface area contributed by atoms with Crippen molar-refractivity contribution in [2.24, 2.45) is 11.7 Å². The van der Waals surface area contributed by atoms with E-state index in [-0.39, 0.29) is 5.91 Å². The number of carbonyl (C=O) groups is 1. The molecule has 0 atom stereocenters. The van der Waals surface area contributed by atoms with Crippen LogP contribution in [0.4, 0.5) is 11.4 Å². The molecule has 1 aliphatic heterocycles. The zero-order valence-electron chi connectivity index (χ0n) is 10.1. The lowest BCUT2D eigenvalue weighted by Crippen LogP contribution is -2.46. The number of nitrogens with two attached hydrogens (primary N) is 2. The van der Waals surface area contributed by atoms with E-state index in [1.807, 2.05) is 23.1 Å². The van der Waals surface area contributed by atoms with Crippen LogP contribution in [-0.2, 0) is 4.79 Å². The Labute approximate surface area is 111 Å². The van der Waals surface area contributed by atoms with Gasteiger partial charge in [-0.3, -0.25) is 4.79 Å². The Morgan fingerprint density at radius 1 is 1.39 bits per heavy atom. The minimum Gasteiger partial charge on any atom is -0.399 e. The average Bonchev–Trinajstić information content (AvgIpc) is 2.30. The van der Waals surface area contributed by atoms with Crippen LogP contribution < -0.4 is 16.4 Å². The molecule has 1 fully saturated rings. The fraction of sp³-hybridized carbons (Fsp3) is 0.462. The van der Waals surface area contributed by atoms with Gasteiger partial charge in [0.1, 0.15) is 0 Å². The molecule has 0 spiro atoms. The highest BCUT2D eigenvalue weighted by Gasteiger charge is 2.32. The summed E-state index contributed by atoms with van der Waals surface area (Å²) >= 11 is 1.59. The number of benzene rings is 1. The van der Waals surface area contributed by atoms with Gasteiger partial charge in [-0.2, -0.15) is 0 Å². The summed E-state index contributed by atoms with van der Waals surface area (Å²) in [5, 5.41) is 0. The van der Waals surface area contributed by atoms with Gasteiger partial charge in [-0.1, -0.05) is 0 Å². The van der Waals surface area contributed by atoms with Crippen molar-refractivity contribution in [1.29, 1.82) is 0 Å². The molecule has 1 heterocycles. The van der Waals surface area contributed by atoms with Crippen LogP contribution in [-0.4, -0.2) is 24.2 Å². The maximum absolute atomic E-state index is 12.1. The number of rotatable bonds is 2. The molecule has 1 saturated carbocycles. The lowest BCUT2D eigenvalue weighted by molar-refractivity contribution is -0.116. The molecule has 0 unspecified atom stereocenters. The first-order chi connectivity index (χ1) is 8.63. The van der Waals surface area contributed by atoms with Crippen LogP contribution in [0.2, 0.25) is 0 Å². The SMILES string of the molecule is Nc1ccc2c(c1)N(CC1CC(N)C1)C(=O)CS2. The predicted octanol–water partition coefficient (Wildman–Crippen LogP) is 1.44. The Morgan fingerprint density at radius 3 is 2.89 bits per heavy atom. The van der Waals surface area contributed by atoms with Crippen molar-refractivity contribution in [2.75, 3.05) is 22.9 Å². The highest BCUT2D eigenvalue weighted by Crippen LogP contribution is 2.38. The molecule has 3 rings (SSSR count). The Bertz CT molecular complexity index is 485. The Kier molecular flexibility index (Phi) is 2.95. The summed E-state index contributed by atoms with van der Waals surface area (Å²) in [6.07, 6.45) is 2.04. The van der Waals surface area contributed by atoms with E-state index in [1.54, 1.807) is 11.8 Å². The van der Waals surface area contributed by atoms with Gasteiger partial charge in [0.15, 0.2) is 0 Å². The van der Waals surface area contributed by atoms with Gasteiger partial charge >= 0.3 is 0 Å². The second-order valence-corrected chi connectivity index (χ2v) is 6.13. The maximum Gasteiger partial charge on any atom is 0.237 e. The largest absolute Gasteiger partial charge is 0.399 e. The lowest BCUT2D eigenvalue weighted by Gasteiger charge is -2.38.